The first-order valence-corrected chi connectivity index (χ1v) is 7.71. The van der Waals surface area contributed by atoms with E-state index in [1.807, 2.05) is 6.92 Å². The molecule has 0 fully saturated rings. The van der Waals surface area contributed by atoms with Gasteiger partial charge in [-0.05, 0) is 31.5 Å². The van der Waals surface area contributed by atoms with Gasteiger partial charge >= 0.3 is 12.0 Å². The lowest BCUT2D eigenvalue weighted by atomic mass is 9.95. The molecule has 0 bridgehead atoms. The summed E-state index contributed by atoms with van der Waals surface area (Å²) in [5.41, 5.74) is 1.42. The number of allylic oxidation sites excluding steroid dienone is 1. The van der Waals surface area contributed by atoms with Crippen molar-refractivity contribution in [3.05, 3.63) is 46.9 Å². The maximum atomic E-state index is 13.2. The molecule has 1 N–H and O–H groups in total. The van der Waals surface area contributed by atoms with Crippen LogP contribution in [0.3, 0.4) is 0 Å². The fourth-order valence-corrected chi connectivity index (χ4v) is 2.42. The van der Waals surface area contributed by atoms with Gasteiger partial charge in [0.2, 0.25) is 0 Å². The first kappa shape index (κ1) is 17.9. The maximum Gasteiger partial charge on any atom is 0.338 e. The number of benzene rings is 1. The average Bonchev–Trinajstić information content (AvgIpc) is 2.57. The monoisotopic (exact) mass is 336 g/mol. The van der Waals surface area contributed by atoms with E-state index in [-0.39, 0.29) is 18.5 Å². The standard InChI is InChI=1S/C17H21FN2O4/c1-4-23-9-10-24-16(21)14-11(2)20(3)17(22)19-15(14)12-5-7-13(18)8-6-12/h5-8,15H,4,9-10H2,1-3H3,(H,19,22). The second kappa shape index (κ2) is 7.92. The molecule has 0 spiro atoms. The van der Waals surface area contributed by atoms with Crippen LogP contribution >= 0.6 is 0 Å². The van der Waals surface area contributed by atoms with Crippen molar-refractivity contribution in [1.29, 1.82) is 0 Å². The number of nitrogens with one attached hydrogen (secondary N) is 1. The number of hydrogen-bond acceptors (Lipinski definition) is 4. The van der Waals surface area contributed by atoms with Crippen LogP contribution in [0.4, 0.5) is 9.18 Å². The van der Waals surface area contributed by atoms with Gasteiger partial charge in [-0.3, -0.25) is 0 Å². The Hall–Kier alpha value is -2.41. The summed E-state index contributed by atoms with van der Waals surface area (Å²) in [4.78, 5) is 25.9. The normalized spacial score (nSPS) is 17.8. The molecular formula is C17H21FN2O4. The van der Waals surface area contributed by atoms with E-state index >= 15 is 0 Å². The summed E-state index contributed by atoms with van der Waals surface area (Å²) in [6, 6.07) is 4.61. The predicted molar refractivity (Wildman–Crippen MR) is 85.6 cm³/mol. The van der Waals surface area contributed by atoms with Crippen molar-refractivity contribution in [3.63, 3.8) is 0 Å². The van der Waals surface area contributed by atoms with Gasteiger partial charge in [0.25, 0.3) is 0 Å². The minimum Gasteiger partial charge on any atom is -0.460 e. The largest absolute Gasteiger partial charge is 0.460 e. The smallest absolute Gasteiger partial charge is 0.338 e. The second-order valence-electron chi connectivity index (χ2n) is 5.32. The highest BCUT2D eigenvalue weighted by Crippen LogP contribution is 2.30. The molecule has 0 radical (unpaired) electrons. The third-order valence-corrected chi connectivity index (χ3v) is 3.84. The Morgan fingerprint density at radius 2 is 1.96 bits per heavy atom. The number of amides is 2. The highest BCUT2D eigenvalue weighted by molar-refractivity contribution is 5.94. The van der Waals surface area contributed by atoms with E-state index in [1.54, 1.807) is 14.0 Å². The first-order chi connectivity index (χ1) is 11.5. The molecule has 1 aliphatic rings. The van der Waals surface area contributed by atoms with Crippen LogP contribution in [0.25, 0.3) is 0 Å². The lowest BCUT2D eigenvalue weighted by Crippen LogP contribution is -2.46. The van der Waals surface area contributed by atoms with Crippen molar-refractivity contribution in [2.45, 2.75) is 19.9 Å². The van der Waals surface area contributed by atoms with Crippen LogP contribution in [-0.4, -0.2) is 43.8 Å². The molecule has 1 aromatic rings. The number of urea groups is 1. The molecule has 130 valence electrons. The Kier molecular flexibility index (Phi) is 5.92. The molecule has 0 saturated carbocycles. The van der Waals surface area contributed by atoms with Crippen LogP contribution in [0.5, 0.6) is 0 Å². The van der Waals surface area contributed by atoms with Gasteiger partial charge in [0.05, 0.1) is 18.2 Å². The second-order valence-corrected chi connectivity index (χ2v) is 5.32. The molecule has 6 nitrogen and oxygen atoms in total. The minimum absolute atomic E-state index is 0.122. The summed E-state index contributed by atoms with van der Waals surface area (Å²) in [5.74, 6) is -0.923. The number of hydrogen-bond donors (Lipinski definition) is 1. The van der Waals surface area contributed by atoms with E-state index < -0.39 is 12.0 Å². The Labute approximate surface area is 140 Å². The quantitative estimate of drug-likeness (QED) is 0.640. The molecule has 0 aromatic heterocycles. The number of halogens is 1. The minimum atomic E-state index is -0.686. The summed E-state index contributed by atoms with van der Waals surface area (Å²) in [6.45, 7) is 4.49. The zero-order valence-corrected chi connectivity index (χ0v) is 14.0. The van der Waals surface area contributed by atoms with E-state index in [9.17, 15) is 14.0 Å². The van der Waals surface area contributed by atoms with Crippen LogP contribution < -0.4 is 5.32 Å². The van der Waals surface area contributed by atoms with Crippen LogP contribution in [0.2, 0.25) is 0 Å². The zero-order valence-electron chi connectivity index (χ0n) is 14.0. The molecule has 7 heteroatoms. The predicted octanol–water partition coefficient (Wildman–Crippen LogP) is 2.38. The number of rotatable bonds is 6. The lowest BCUT2D eigenvalue weighted by Gasteiger charge is -2.33. The number of nitrogens with zero attached hydrogens (tertiary/aromatic N) is 1. The van der Waals surface area contributed by atoms with Gasteiger partial charge < -0.3 is 19.7 Å². The van der Waals surface area contributed by atoms with Crippen molar-refractivity contribution in [1.82, 2.24) is 10.2 Å². The molecular weight excluding hydrogens is 315 g/mol. The third-order valence-electron chi connectivity index (χ3n) is 3.84. The fraction of sp³-hybridized carbons (Fsp3) is 0.412. The fourth-order valence-electron chi connectivity index (χ4n) is 2.42. The highest BCUT2D eigenvalue weighted by Gasteiger charge is 2.34. The number of ether oxygens (including phenoxy) is 2. The van der Waals surface area contributed by atoms with E-state index in [2.05, 4.69) is 5.32 Å². The molecule has 1 aromatic carbocycles. The van der Waals surface area contributed by atoms with Crippen molar-refractivity contribution in [2.75, 3.05) is 26.9 Å². The average molecular weight is 336 g/mol. The lowest BCUT2D eigenvalue weighted by molar-refractivity contribution is -0.141. The van der Waals surface area contributed by atoms with E-state index in [0.717, 1.165) is 0 Å². The Morgan fingerprint density at radius 1 is 1.29 bits per heavy atom. The molecule has 0 saturated heterocycles. The molecule has 0 aliphatic carbocycles. The SMILES string of the molecule is CCOCCOC(=O)C1=C(C)N(C)C(=O)NC1c1ccc(F)cc1. The van der Waals surface area contributed by atoms with Crippen molar-refractivity contribution < 1.29 is 23.5 Å². The van der Waals surface area contributed by atoms with Gasteiger partial charge in [0.15, 0.2) is 0 Å². The summed E-state index contributed by atoms with van der Waals surface area (Å²) >= 11 is 0. The van der Waals surface area contributed by atoms with Crippen LogP contribution in [0.1, 0.15) is 25.5 Å². The molecule has 1 atom stereocenters. The van der Waals surface area contributed by atoms with Gasteiger partial charge in [-0.15, -0.1) is 0 Å². The van der Waals surface area contributed by atoms with Crippen LogP contribution in [0.15, 0.2) is 35.5 Å². The number of esters is 1. The van der Waals surface area contributed by atoms with Gasteiger partial charge in [0.1, 0.15) is 12.4 Å². The van der Waals surface area contributed by atoms with Gasteiger partial charge in [0, 0.05) is 19.4 Å². The molecule has 2 rings (SSSR count). The molecule has 2 amide bonds. The van der Waals surface area contributed by atoms with Crippen molar-refractivity contribution >= 4 is 12.0 Å². The molecule has 1 unspecified atom stereocenters. The van der Waals surface area contributed by atoms with Gasteiger partial charge in [-0.25, -0.2) is 14.0 Å². The third kappa shape index (κ3) is 3.91. The summed E-state index contributed by atoms with van der Waals surface area (Å²) < 4.78 is 23.5. The highest BCUT2D eigenvalue weighted by atomic mass is 19.1. The Bertz CT molecular complexity index is 642. The number of carbonyl (C=O) groups is 2. The summed E-state index contributed by atoms with van der Waals surface area (Å²) in [5, 5.41) is 2.74. The van der Waals surface area contributed by atoms with Crippen LogP contribution in [-0.2, 0) is 14.3 Å². The van der Waals surface area contributed by atoms with Gasteiger partial charge in [-0.2, -0.15) is 0 Å². The van der Waals surface area contributed by atoms with Crippen LogP contribution in [0, 0.1) is 5.82 Å². The topological polar surface area (TPSA) is 67.9 Å². The summed E-state index contributed by atoms with van der Waals surface area (Å²) in [6.07, 6.45) is 0. The molecule has 1 aliphatic heterocycles. The van der Waals surface area contributed by atoms with Crippen molar-refractivity contribution in [3.8, 4) is 0 Å². The van der Waals surface area contributed by atoms with E-state index in [4.69, 9.17) is 9.47 Å². The molecule has 1 heterocycles. The number of carbonyl (C=O) groups excluding carboxylic acids is 2. The van der Waals surface area contributed by atoms with Gasteiger partial charge in [-0.1, -0.05) is 12.1 Å². The molecule has 24 heavy (non-hydrogen) atoms. The van der Waals surface area contributed by atoms with E-state index in [1.165, 1.54) is 29.2 Å². The van der Waals surface area contributed by atoms with E-state index in [0.29, 0.717) is 30.0 Å². The van der Waals surface area contributed by atoms with Crippen molar-refractivity contribution in [2.24, 2.45) is 0 Å². The first-order valence-electron chi connectivity index (χ1n) is 7.71. The zero-order chi connectivity index (χ0) is 17.7. The Morgan fingerprint density at radius 3 is 2.58 bits per heavy atom. The Balaban J connectivity index is 2.28. The summed E-state index contributed by atoms with van der Waals surface area (Å²) in [7, 11) is 1.57. The maximum absolute atomic E-state index is 13.2.